The zero-order chi connectivity index (χ0) is 15.2. The van der Waals surface area contributed by atoms with Crippen LogP contribution in [0.25, 0.3) is 0 Å². The smallest absolute Gasteiger partial charge is 0.238 e. The molecule has 0 aliphatic rings. The predicted molar refractivity (Wildman–Crippen MR) is 78.1 cm³/mol. The molecular weight excluding hydrogens is 298 g/mol. The molecule has 0 aliphatic heterocycles. The fraction of sp³-hybridized carbons (Fsp3) is 0.133. The number of amides is 1. The van der Waals surface area contributed by atoms with Crippen LogP contribution in [0.2, 0.25) is 5.02 Å². The summed E-state index contributed by atoms with van der Waals surface area (Å²) in [5.41, 5.74) is 0.789. The van der Waals surface area contributed by atoms with Crippen LogP contribution in [0.3, 0.4) is 0 Å². The molecule has 2 aromatic rings. The Kier molecular flexibility index (Phi) is 5.25. The highest BCUT2D eigenvalue weighted by Gasteiger charge is 2.06. The van der Waals surface area contributed by atoms with Crippen LogP contribution >= 0.6 is 11.6 Å². The molecule has 3 nitrogen and oxygen atoms in total. The quantitative estimate of drug-likeness (QED) is 0.889. The third-order valence-electron chi connectivity index (χ3n) is 2.74. The van der Waals surface area contributed by atoms with Gasteiger partial charge < -0.3 is 10.6 Å². The number of nitrogens with one attached hydrogen (secondary N) is 2. The Morgan fingerprint density at radius 3 is 2.52 bits per heavy atom. The molecule has 0 radical (unpaired) electrons. The largest absolute Gasteiger partial charge is 0.325 e. The average molecular weight is 311 g/mol. The number of carbonyl (C=O) groups is 1. The van der Waals surface area contributed by atoms with Crippen molar-refractivity contribution < 1.29 is 13.6 Å². The van der Waals surface area contributed by atoms with E-state index in [9.17, 15) is 13.6 Å². The zero-order valence-corrected chi connectivity index (χ0v) is 11.8. The Morgan fingerprint density at radius 2 is 1.81 bits per heavy atom. The fourth-order valence-electron chi connectivity index (χ4n) is 1.73. The highest BCUT2D eigenvalue weighted by Crippen LogP contribution is 2.13. The molecule has 0 saturated heterocycles. The van der Waals surface area contributed by atoms with Crippen LogP contribution in [-0.2, 0) is 11.3 Å². The first-order valence-corrected chi connectivity index (χ1v) is 6.62. The lowest BCUT2D eigenvalue weighted by Crippen LogP contribution is -2.28. The van der Waals surface area contributed by atoms with Gasteiger partial charge in [-0.05, 0) is 42.5 Å². The van der Waals surface area contributed by atoms with Crippen LogP contribution in [0.15, 0.2) is 42.5 Å². The van der Waals surface area contributed by atoms with Gasteiger partial charge in [0.2, 0.25) is 5.91 Å². The lowest BCUT2D eigenvalue weighted by atomic mass is 10.2. The first kappa shape index (κ1) is 15.4. The van der Waals surface area contributed by atoms with Gasteiger partial charge in [-0.15, -0.1) is 0 Å². The highest BCUT2D eigenvalue weighted by molar-refractivity contribution is 6.30. The van der Waals surface area contributed by atoms with Crippen LogP contribution < -0.4 is 10.6 Å². The third-order valence-corrected chi connectivity index (χ3v) is 2.99. The van der Waals surface area contributed by atoms with E-state index in [0.29, 0.717) is 10.7 Å². The van der Waals surface area contributed by atoms with Crippen LogP contribution in [0, 0.1) is 11.6 Å². The molecule has 21 heavy (non-hydrogen) atoms. The summed E-state index contributed by atoms with van der Waals surface area (Å²) in [7, 11) is 0. The maximum absolute atomic E-state index is 13.4. The highest BCUT2D eigenvalue weighted by atomic mass is 35.5. The second-order valence-corrected chi connectivity index (χ2v) is 4.83. The molecule has 0 fully saturated rings. The van der Waals surface area contributed by atoms with Crippen molar-refractivity contribution in [1.29, 1.82) is 0 Å². The number of anilines is 1. The van der Waals surface area contributed by atoms with E-state index in [0.717, 1.165) is 18.2 Å². The van der Waals surface area contributed by atoms with Crippen LogP contribution in [0.5, 0.6) is 0 Å². The van der Waals surface area contributed by atoms with Crippen molar-refractivity contribution in [3.63, 3.8) is 0 Å². The summed E-state index contributed by atoms with van der Waals surface area (Å²) in [6.07, 6.45) is 0. The van der Waals surface area contributed by atoms with Crippen LogP contribution in [0.4, 0.5) is 14.5 Å². The minimum absolute atomic E-state index is 0.0153. The van der Waals surface area contributed by atoms with Gasteiger partial charge in [0.05, 0.1) is 6.54 Å². The molecule has 2 rings (SSSR count). The molecule has 2 aromatic carbocycles. The Labute approximate surface area is 125 Å². The molecule has 110 valence electrons. The maximum Gasteiger partial charge on any atom is 0.238 e. The summed E-state index contributed by atoms with van der Waals surface area (Å²) in [6, 6.07) is 9.87. The fourth-order valence-corrected chi connectivity index (χ4v) is 1.85. The summed E-state index contributed by atoms with van der Waals surface area (Å²) >= 11 is 5.74. The van der Waals surface area contributed by atoms with Crippen molar-refractivity contribution in [1.82, 2.24) is 5.32 Å². The van der Waals surface area contributed by atoms with Crippen molar-refractivity contribution in [3.8, 4) is 0 Å². The molecule has 0 saturated carbocycles. The van der Waals surface area contributed by atoms with Gasteiger partial charge in [0.15, 0.2) is 0 Å². The molecule has 0 atom stereocenters. The minimum atomic E-state index is -0.515. The summed E-state index contributed by atoms with van der Waals surface area (Å²) in [4.78, 5) is 11.7. The minimum Gasteiger partial charge on any atom is -0.325 e. The number of hydrogen-bond donors (Lipinski definition) is 2. The molecule has 1 amide bonds. The van der Waals surface area contributed by atoms with Crippen molar-refractivity contribution in [3.05, 3.63) is 64.7 Å². The SMILES string of the molecule is O=C(CNCc1cc(F)ccc1F)Nc1ccc(Cl)cc1. The van der Waals surface area contributed by atoms with E-state index in [-0.39, 0.29) is 24.6 Å². The predicted octanol–water partition coefficient (Wildman–Crippen LogP) is 3.35. The maximum atomic E-state index is 13.4. The first-order valence-electron chi connectivity index (χ1n) is 6.24. The number of hydrogen-bond acceptors (Lipinski definition) is 2. The van der Waals surface area contributed by atoms with E-state index in [4.69, 9.17) is 11.6 Å². The summed E-state index contributed by atoms with van der Waals surface area (Å²) in [6.45, 7) is 0.0518. The molecule has 0 bridgehead atoms. The van der Waals surface area contributed by atoms with E-state index in [1.807, 2.05) is 0 Å². The molecule has 0 aliphatic carbocycles. The third kappa shape index (κ3) is 4.81. The molecule has 6 heteroatoms. The molecule has 0 aromatic heterocycles. The van der Waals surface area contributed by atoms with Crippen LogP contribution in [0.1, 0.15) is 5.56 Å². The summed E-state index contributed by atoms with van der Waals surface area (Å²) in [5, 5.41) is 5.99. The van der Waals surface area contributed by atoms with Gasteiger partial charge in [-0.2, -0.15) is 0 Å². The van der Waals surface area contributed by atoms with Gasteiger partial charge in [0.25, 0.3) is 0 Å². The van der Waals surface area contributed by atoms with Gasteiger partial charge in [-0.25, -0.2) is 8.78 Å². The molecule has 0 heterocycles. The van der Waals surface area contributed by atoms with Gasteiger partial charge in [0.1, 0.15) is 11.6 Å². The normalized spacial score (nSPS) is 10.4. The van der Waals surface area contributed by atoms with Crippen molar-refractivity contribution in [2.24, 2.45) is 0 Å². The molecule has 0 unspecified atom stereocenters. The van der Waals surface area contributed by atoms with Crippen molar-refractivity contribution >= 4 is 23.2 Å². The Hall–Kier alpha value is -1.98. The summed E-state index contributed by atoms with van der Waals surface area (Å²) < 4.78 is 26.3. The molecular formula is C15H13ClF2N2O. The van der Waals surface area contributed by atoms with Gasteiger partial charge in [-0.1, -0.05) is 11.6 Å². The Bertz CT molecular complexity index is 632. The monoisotopic (exact) mass is 310 g/mol. The second-order valence-electron chi connectivity index (χ2n) is 4.39. The van der Waals surface area contributed by atoms with Gasteiger partial charge >= 0.3 is 0 Å². The molecule has 2 N–H and O–H groups in total. The number of halogens is 3. The van der Waals surface area contributed by atoms with Crippen molar-refractivity contribution in [2.45, 2.75) is 6.54 Å². The van der Waals surface area contributed by atoms with E-state index in [1.54, 1.807) is 24.3 Å². The van der Waals surface area contributed by atoms with E-state index >= 15 is 0 Å². The lowest BCUT2D eigenvalue weighted by molar-refractivity contribution is -0.115. The zero-order valence-electron chi connectivity index (χ0n) is 11.0. The number of benzene rings is 2. The van der Waals surface area contributed by atoms with Crippen LogP contribution in [-0.4, -0.2) is 12.5 Å². The molecule has 0 spiro atoms. The van der Waals surface area contributed by atoms with Gasteiger partial charge in [-0.3, -0.25) is 4.79 Å². The first-order chi connectivity index (χ1) is 10.0. The van der Waals surface area contributed by atoms with E-state index < -0.39 is 11.6 Å². The van der Waals surface area contributed by atoms with E-state index in [1.165, 1.54) is 0 Å². The summed E-state index contributed by atoms with van der Waals surface area (Å²) in [5.74, 6) is -1.31. The van der Waals surface area contributed by atoms with E-state index in [2.05, 4.69) is 10.6 Å². The Balaban J connectivity index is 1.81. The second kappa shape index (κ2) is 7.15. The average Bonchev–Trinajstić information content (AvgIpc) is 2.45. The standard InChI is InChI=1S/C15H13ClF2N2O/c16-11-1-4-13(5-2-11)20-15(21)9-19-8-10-7-12(17)3-6-14(10)18/h1-7,19H,8-9H2,(H,20,21). The lowest BCUT2D eigenvalue weighted by Gasteiger charge is -2.07. The Morgan fingerprint density at radius 1 is 1.10 bits per heavy atom. The van der Waals surface area contributed by atoms with Gasteiger partial charge in [0, 0.05) is 22.8 Å². The number of rotatable bonds is 5. The van der Waals surface area contributed by atoms with Crippen molar-refractivity contribution in [2.75, 3.05) is 11.9 Å². The topological polar surface area (TPSA) is 41.1 Å². The number of carbonyl (C=O) groups excluding carboxylic acids is 1.